The average Bonchev–Trinajstić information content (AvgIpc) is 3.96. The van der Waals surface area contributed by atoms with E-state index in [-0.39, 0.29) is 5.91 Å². The van der Waals surface area contributed by atoms with Crippen LogP contribution in [0.25, 0.3) is 44.4 Å². The van der Waals surface area contributed by atoms with Crippen LogP contribution in [-0.2, 0) is 29.7 Å². The number of nitrogens with one attached hydrogen (secondary N) is 1. The highest BCUT2D eigenvalue weighted by Gasteiger charge is 2.47. The van der Waals surface area contributed by atoms with Gasteiger partial charge in [0.1, 0.15) is 0 Å². The Hall–Kier alpha value is -5.85. The number of rotatable bonds is 12. The monoisotopic (exact) mass is 763 g/mol. The fourth-order valence-electron chi connectivity index (χ4n) is 9.74. The lowest BCUT2D eigenvalue weighted by Crippen LogP contribution is -2.45. The van der Waals surface area contributed by atoms with Crippen LogP contribution >= 0.6 is 0 Å². The first-order valence-corrected chi connectivity index (χ1v) is 21.0. The summed E-state index contributed by atoms with van der Waals surface area (Å²) in [6.07, 6.45) is 12.8. The highest BCUT2D eigenvalue weighted by atomic mass is 16.2. The third-order valence-electron chi connectivity index (χ3n) is 12.7. The second-order valence-electron chi connectivity index (χ2n) is 17.2. The molecule has 1 N–H and O–H groups in total. The van der Waals surface area contributed by atoms with Crippen molar-refractivity contribution >= 4 is 16.8 Å². The number of hydrogen-bond acceptors (Lipinski definition) is 4. The minimum absolute atomic E-state index is 0.276. The Morgan fingerprint density at radius 3 is 1.78 bits per heavy atom. The van der Waals surface area contributed by atoms with Crippen LogP contribution in [0.5, 0.6) is 0 Å². The van der Waals surface area contributed by atoms with E-state index in [1.54, 1.807) is 0 Å². The summed E-state index contributed by atoms with van der Waals surface area (Å²) in [5.74, 6) is 0.276. The van der Waals surface area contributed by atoms with E-state index < -0.39 is 5.41 Å². The molecule has 292 valence electrons. The number of nitrogens with zero attached hydrogens (tertiary/aromatic N) is 4. The molecule has 4 aromatic carbocycles. The van der Waals surface area contributed by atoms with Gasteiger partial charge < -0.3 is 9.88 Å². The van der Waals surface area contributed by atoms with Crippen LogP contribution in [-0.4, -0.2) is 49.3 Å². The number of carbonyl (C=O) groups is 1. The molecule has 7 aromatic rings. The molecule has 6 heteroatoms. The Labute approximate surface area is 343 Å². The smallest absolute Gasteiger partial charge is 0.233 e. The highest BCUT2D eigenvalue weighted by molar-refractivity contribution is 5.94. The summed E-state index contributed by atoms with van der Waals surface area (Å²) in [4.78, 5) is 31.5. The van der Waals surface area contributed by atoms with Crippen molar-refractivity contribution < 1.29 is 4.79 Å². The molecular weight excluding hydrogens is 711 g/mol. The highest BCUT2D eigenvalue weighted by Crippen LogP contribution is 2.42. The van der Waals surface area contributed by atoms with Crippen LogP contribution in [0.2, 0.25) is 0 Å². The molecular formula is C52H53N5O. The topological polar surface area (TPSA) is 65.1 Å². The molecule has 0 saturated carbocycles. The molecule has 3 aromatic heterocycles. The third kappa shape index (κ3) is 7.61. The van der Waals surface area contributed by atoms with Crippen LogP contribution in [0.3, 0.4) is 0 Å². The fraction of sp³-hybridized carbons (Fsp3) is 0.288. The van der Waals surface area contributed by atoms with Crippen molar-refractivity contribution in [2.75, 3.05) is 6.54 Å². The SMILES string of the molecule is Cc1cc(C)cc(-c2[nH]c3ccc(C(C)(C)C(=O)N4C5CCC4CC5)cc3c2CCN(Cc2cccc(-c3ccncc3)c2)Cc2cccc(-c3ccncc3)c2)c1. The molecule has 1 amide bonds. The second-order valence-corrected chi connectivity index (χ2v) is 17.2. The van der Waals surface area contributed by atoms with Gasteiger partial charge in [-0.05, 0) is 171 Å². The normalized spacial score (nSPS) is 16.5. The van der Waals surface area contributed by atoms with E-state index >= 15 is 0 Å². The van der Waals surface area contributed by atoms with Gasteiger partial charge in [-0.15, -0.1) is 0 Å². The van der Waals surface area contributed by atoms with E-state index in [9.17, 15) is 4.79 Å². The number of aryl methyl sites for hydroxylation is 2. The van der Waals surface area contributed by atoms with E-state index in [0.29, 0.717) is 12.1 Å². The molecule has 2 bridgehead atoms. The lowest BCUT2D eigenvalue weighted by Gasteiger charge is -2.33. The standard InChI is InChI=1S/C52H53N5O/c1-35-27-36(2)29-43(28-35)50-47(48-32-44(11-16-49(48)55-50)52(3,4)51(58)57-45-12-13-46(57)15-14-45)21-26-56(33-37-7-5-9-41(30-37)39-17-22-53-23-18-39)34-38-8-6-10-42(31-38)40-19-24-54-25-20-40/h5-11,16-20,22-25,27-32,45-46,55H,12-15,21,26,33-34H2,1-4H3. The molecule has 2 fully saturated rings. The minimum Gasteiger partial charge on any atom is -0.354 e. The van der Waals surface area contributed by atoms with Crippen LogP contribution < -0.4 is 0 Å². The lowest BCUT2D eigenvalue weighted by molar-refractivity contribution is -0.137. The number of amides is 1. The second kappa shape index (κ2) is 15.8. The molecule has 0 aliphatic carbocycles. The van der Waals surface area contributed by atoms with Gasteiger partial charge in [-0.2, -0.15) is 0 Å². The zero-order valence-corrected chi connectivity index (χ0v) is 34.2. The van der Waals surface area contributed by atoms with E-state index in [1.165, 1.54) is 66.7 Å². The number of H-pyrrole nitrogens is 1. The summed E-state index contributed by atoms with van der Waals surface area (Å²) in [7, 11) is 0. The quantitative estimate of drug-likeness (QED) is 0.135. The lowest BCUT2D eigenvalue weighted by atomic mass is 9.82. The van der Waals surface area contributed by atoms with Crippen LogP contribution in [0.1, 0.15) is 72.9 Å². The van der Waals surface area contributed by atoms with Crippen molar-refractivity contribution in [3.05, 3.63) is 167 Å². The number of carbonyl (C=O) groups excluding carboxylic acids is 1. The van der Waals surface area contributed by atoms with Gasteiger partial charge >= 0.3 is 0 Å². The van der Waals surface area contributed by atoms with E-state index in [2.05, 4.69) is 162 Å². The summed E-state index contributed by atoms with van der Waals surface area (Å²) in [6, 6.07) is 40.5. The zero-order valence-electron chi connectivity index (χ0n) is 34.2. The molecule has 5 heterocycles. The Kier molecular flexibility index (Phi) is 10.3. The molecule has 0 spiro atoms. The Morgan fingerprint density at radius 2 is 1.22 bits per heavy atom. The third-order valence-corrected chi connectivity index (χ3v) is 12.7. The number of benzene rings is 4. The molecule has 58 heavy (non-hydrogen) atoms. The summed E-state index contributed by atoms with van der Waals surface area (Å²) in [5.41, 5.74) is 15.0. The first kappa shape index (κ1) is 37.7. The maximum Gasteiger partial charge on any atom is 0.233 e. The van der Waals surface area contributed by atoms with Gasteiger partial charge in [0.15, 0.2) is 0 Å². The minimum atomic E-state index is -0.625. The molecule has 0 unspecified atom stereocenters. The molecule has 2 saturated heterocycles. The molecule has 0 atom stereocenters. The van der Waals surface area contributed by atoms with E-state index in [4.69, 9.17) is 0 Å². The van der Waals surface area contributed by atoms with Gasteiger partial charge in [-0.25, -0.2) is 0 Å². The maximum absolute atomic E-state index is 14.3. The summed E-state index contributed by atoms with van der Waals surface area (Å²) in [5, 5.41) is 1.20. The summed E-state index contributed by atoms with van der Waals surface area (Å²) in [6.45, 7) is 11.1. The van der Waals surface area contributed by atoms with E-state index in [0.717, 1.165) is 62.8 Å². The van der Waals surface area contributed by atoms with Gasteiger partial charge in [0.25, 0.3) is 0 Å². The van der Waals surface area contributed by atoms with Crippen molar-refractivity contribution in [2.24, 2.45) is 0 Å². The number of pyridine rings is 2. The number of fused-ring (bicyclic) bond motifs is 3. The molecule has 0 radical (unpaired) electrons. The van der Waals surface area contributed by atoms with Gasteiger partial charge in [0.05, 0.1) is 5.41 Å². The maximum atomic E-state index is 14.3. The van der Waals surface area contributed by atoms with Gasteiger partial charge in [0, 0.05) is 73.1 Å². The fourth-order valence-corrected chi connectivity index (χ4v) is 9.74. The number of hydrogen-bond donors (Lipinski definition) is 1. The van der Waals surface area contributed by atoms with Crippen molar-refractivity contribution in [3.8, 4) is 33.5 Å². The Bertz CT molecular complexity index is 2450. The first-order valence-electron chi connectivity index (χ1n) is 21.0. The van der Waals surface area contributed by atoms with Crippen molar-refractivity contribution in [3.63, 3.8) is 0 Å². The van der Waals surface area contributed by atoms with Crippen molar-refractivity contribution in [1.29, 1.82) is 0 Å². The molecule has 2 aliphatic heterocycles. The van der Waals surface area contributed by atoms with Crippen LogP contribution in [0.4, 0.5) is 0 Å². The predicted molar refractivity (Wildman–Crippen MR) is 236 cm³/mol. The largest absolute Gasteiger partial charge is 0.354 e. The number of aromatic nitrogens is 3. The molecule has 6 nitrogen and oxygen atoms in total. The Morgan fingerprint density at radius 1 is 0.672 bits per heavy atom. The van der Waals surface area contributed by atoms with Crippen LogP contribution in [0, 0.1) is 13.8 Å². The Balaban J connectivity index is 1.09. The van der Waals surface area contributed by atoms with Crippen molar-refractivity contribution in [2.45, 2.75) is 90.4 Å². The van der Waals surface area contributed by atoms with Gasteiger partial charge in [0.2, 0.25) is 5.91 Å². The van der Waals surface area contributed by atoms with Crippen molar-refractivity contribution in [1.82, 2.24) is 24.8 Å². The number of aromatic amines is 1. The predicted octanol–water partition coefficient (Wildman–Crippen LogP) is 11.3. The molecule has 2 aliphatic rings. The average molecular weight is 764 g/mol. The van der Waals surface area contributed by atoms with Crippen LogP contribution in [0.15, 0.2) is 134 Å². The van der Waals surface area contributed by atoms with E-state index in [1.807, 2.05) is 24.8 Å². The zero-order chi connectivity index (χ0) is 39.8. The summed E-state index contributed by atoms with van der Waals surface area (Å²) >= 11 is 0. The van der Waals surface area contributed by atoms with Gasteiger partial charge in [-0.1, -0.05) is 59.7 Å². The first-order chi connectivity index (χ1) is 28.2. The van der Waals surface area contributed by atoms with Gasteiger partial charge in [-0.3, -0.25) is 19.7 Å². The molecule has 9 rings (SSSR count). The summed E-state index contributed by atoms with van der Waals surface area (Å²) < 4.78 is 0.